The summed E-state index contributed by atoms with van der Waals surface area (Å²) in [5.41, 5.74) is 0. The Bertz CT molecular complexity index is 295. The van der Waals surface area contributed by atoms with Gasteiger partial charge >= 0.3 is 0 Å². The van der Waals surface area contributed by atoms with Crippen LogP contribution in [0.2, 0.25) is 0 Å². The van der Waals surface area contributed by atoms with Crippen molar-refractivity contribution in [1.29, 1.82) is 0 Å². The Morgan fingerprint density at radius 1 is 0.818 bits per heavy atom. The van der Waals surface area contributed by atoms with E-state index in [0.717, 1.165) is 17.9 Å². The highest BCUT2D eigenvalue weighted by molar-refractivity contribution is 4.78. The fourth-order valence-electron chi connectivity index (χ4n) is 3.89. The van der Waals surface area contributed by atoms with Gasteiger partial charge in [0.05, 0.1) is 0 Å². The minimum Gasteiger partial charge on any atom is -0.302 e. The predicted molar refractivity (Wildman–Crippen MR) is 96.4 cm³/mol. The molecule has 0 unspecified atom stereocenters. The highest BCUT2D eigenvalue weighted by Crippen LogP contribution is 2.20. The van der Waals surface area contributed by atoms with Gasteiger partial charge < -0.3 is 14.7 Å². The summed E-state index contributed by atoms with van der Waals surface area (Å²) < 4.78 is 0. The van der Waals surface area contributed by atoms with Gasteiger partial charge in [0.25, 0.3) is 0 Å². The summed E-state index contributed by atoms with van der Waals surface area (Å²) in [6.45, 7) is 19.9. The number of rotatable bonds is 6. The third-order valence-corrected chi connectivity index (χ3v) is 5.60. The van der Waals surface area contributed by atoms with Crippen molar-refractivity contribution in [3.05, 3.63) is 0 Å². The molecular formula is C19H39N3. The zero-order chi connectivity index (χ0) is 15.9. The van der Waals surface area contributed by atoms with Crippen molar-refractivity contribution in [2.45, 2.75) is 59.4 Å². The van der Waals surface area contributed by atoms with Gasteiger partial charge in [0.15, 0.2) is 0 Å². The van der Waals surface area contributed by atoms with E-state index in [1.54, 1.807) is 0 Å². The van der Waals surface area contributed by atoms with Crippen LogP contribution in [0.25, 0.3) is 0 Å². The van der Waals surface area contributed by atoms with Crippen LogP contribution in [0.3, 0.4) is 0 Å². The molecule has 0 atom stereocenters. The smallest absolute Gasteiger partial charge is 0.0109 e. The second-order valence-electron chi connectivity index (χ2n) is 8.25. The average molecular weight is 310 g/mol. The van der Waals surface area contributed by atoms with Crippen LogP contribution >= 0.6 is 0 Å². The summed E-state index contributed by atoms with van der Waals surface area (Å²) in [5.74, 6) is 1.78. The van der Waals surface area contributed by atoms with Crippen molar-refractivity contribution in [2.75, 3.05) is 52.4 Å². The molecule has 2 aliphatic rings. The summed E-state index contributed by atoms with van der Waals surface area (Å²) in [4.78, 5) is 8.10. The molecule has 2 fully saturated rings. The van der Waals surface area contributed by atoms with Gasteiger partial charge in [0.1, 0.15) is 0 Å². The molecule has 0 aliphatic carbocycles. The van der Waals surface area contributed by atoms with Crippen LogP contribution < -0.4 is 0 Å². The Labute approximate surface area is 139 Å². The molecule has 3 nitrogen and oxygen atoms in total. The Morgan fingerprint density at radius 2 is 1.45 bits per heavy atom. The second kappa shape index (κ2) is 9.24. The van der Waals surface area contributed by atoms with Crippen molar-refractivity contribution in [2.24, 2.45) is 11.8 Å². The highest BCUT2D eigenvalue weighted by Gasteiger charge is 2.23. The molecule has 22 heavy (non-hydrogen) atoms. The monoisotopic (exact) mass is 309 g/mol. The van der Waals surface area contributed by atoms with E-state index < -0.39 is 0 Å². The van der Waals surface area contributed by atoms with Gasteiger partial charge in [0.2, 0.25) is 0 Å². The second-order valence-corrected chi connectivity index (χ2v) is 8.25. The Morgan fingerprint density at radius 3 is 2.09 bits per heavy atom. The third kappa shape index (κ3) is 6.17. The standard InChI is InChI=1S/C19H39N3/c1-17(2)6-11-20-9-5-10-21(15-14-20)16-19-7-12-22(13-8-19)18(3)4/h17-19H,5-16H2,1-4H3. The minimum absolute atomic E-state index is 0.730. The fraction of sp³-hybridized carbons (Fsp3) is 1.00. The largest absolute Gasteiger partial charge is 0.302 e. The first kappa shape index (κ1) is 18.2. The number of piperidine rings is 1. The molecule has 130 valence electrons. The first-order valence-electron chi connectivity index (χ1n) is 9.73. The van der Waals surface area contributed by atoms with E-state index in [0.29, 0.717) is 0 Å². The van der Waals surface area contributed by atoms with Gasteiger partial charge in [-0.2, -0.15) is 0 Å². The zero-order valence-corrected chi connectivity index (χ0v) is 15.6. The molecule has 0 spiro atoms. The van der Waals surface area contributed by atoms with E-state index in [1.165, 1.54) is 78.0 Å². The lowest BCUT2D eigenvalue weighted by Crippen LogP contribution is -2.42. The maximum atomic E-state index is 2.76. The van der Waals surface area contributed by atoms with Crippen LogP contribution in [-0.2, 0) is 0 Å². The maximum absolute atomic E-state index is 2.76. The molecule has 0 radical (unpaired) electrons. The van der Waals surface area contributed by atoms with Gasteiger partial charge in [-0.15, -0.1) is 0 Å². The van der Waals surface area contributed by atoms with Crippen LogP contribution in [0.4, 0.5) is 0 Å². The summed E-state index contributed by atoms with van der Waals surface area (Å²) in [6.07, 6.45) is 5.54. The van der Waals surface area contributed by atoms with Gasteiger partial charge in [-0.1, -0.05) is 13.8 Å². The SMILES string of the molecule is CC(C)CCN1CCCN(CC2CCN(C(C)C)CC2)CC1. The molecule has 0 N–H and O–H groups in total. The third-order valence-electron chi connectivity index (χ3n) is 5.60. The van der Waals surface area contributed by atoms with Crippen molar-refractivity contribution >= 4 is 0 Å². The van der Waals surface area contributed by atoms with Gasteiger partial charge in [-0.25, -0.2) is 0 Å². The van der Waals surface area contributed by atoms with E-state index in [1.807, 2.05) is 0 Å². The van der Waals surface area contributed by atoms with Crippen LogP contribution in [0.15, 0.2) is 0 Å². The quantitative estimate of drug-likeness (QED) is 0.746. The molecular weight excluding hydrogens is 270 g/mol. The van der Waals surface area contributed by atoms with Crippen molar-refractivity contribution < 1.29 is 0 Å². The first-order valence-corrected chi connectivity index (χ1v) is 9.73. The van der Waals surface area contributed by atoms with Crippen molar-refractivity contribution in [1.82, 2.24) is 14.7 Å². The Hall–Kier alpha value is -0.120. The van der Waals surface area contributed by atoms with E-state index in [2.05, 4.69) is 42.4 Å². The zero-order valence-electron chi connectivity index (χ0n) is 15.6. The fourth-order valence-corrected chi connectivity index (χ4v) is 3.89. The van der Waals surface area contributed by atoms with Crippen LogP contribution in [0.1, 0.15) is 53.4 Å². The normalized spacial score (nSPS) is 24.3. The molecule has 0 aromatic carbocycles. The van der Waals surface area contributed by atoms with Crippen LogP contribution in [-0.4, -0.2) is 73.1 Å². The topological polar surface area (TPSA) is 9.72 Å². The summed E-state index contributed by atoms with van der Waals surface area (Å²) in [7, 11) is 0. The first-order chi connectivity index (χ1) is 10.5. The van der Waals surface area contributed by atoms with E-state index >= 15 is 0 Å². The minimum atomic E-state index is 0.730. The molecule has 0 aromatic rings. The predicted octanol–water partition coefficient (Wildman–Crippen LogP) is 3.16. The maximum Gasteiger partial charge on any atom is 0.0109 e. The Balaban J connectivity index is 1.67. The molecule has 2 saturated heterocycles. The number of likely N-dealkylation sites (tertiary alicyclic amines) is 1. The molecule has 0 amide bonds. The molecule has 2 rings (SSSR count). The molecule has 0 saturated carbocycles. The van der Waals surface area contributed by atoms with Crippen molar-refractivity contribution in [3.8, 4) is 0 Å². The van der Waals surface area contributed by atoms with E-state index in [9.17, 15) is 0 Å². The molecule has 0 aromatic heterocycles. The number of hydrogen-bond acceptors (Lipinski definition) is 3. The average Bonchev–Trinajstić information content (AvgIpc) is 2.71. The molecule has 2 heterocycles. The van der Waals surface area contributed by atoms with Gasteiger partial charge in [-0.3, -0.25) is 0 Å². The van der Waals surface area contributed by atoms with Gasteiger partial charge in [-0.05, 0) is 84.1 Å². The lowest BCUT2D eigenvalue weighted by molar-refractivity contribution is 0.122. The lowest BCUT2D eigenvalue weighted by atomic mass is 9.95. The molecule has 3 heteroatoms. The molecule has 2 aliphatic heterocycles. The van der Waals surface area contributed by atoms with Crippen LogP contribution in [0.5, 0.6) is 0 Å². The highest BCUT2D eigenvalue weighted by atomic mass is 15.2. The van der Waals surface area contributed by atoms with Gasteiger partial charge in [0, 0.05) is 25.7 Å². The summed E-state index contributed by atoms with van der Waals surface area (Å²) in [6, 6.07) is 0.730. The number of hydrogen-bond donors (Lipinski definition) is 0. The summed E-state index contributed by atoms with van der Waals surface area (Å²) in [5, 5.41) is 0. The van der Waals surface area contributed by atoms with E-state index in [-0.39, 0.29) is 0 Å². The number of nitrogens with zero attached hydrogens (tertiary/aromatic N) is 3. The van der Waals surface area contributed by atoms with Crippen LogP contribution in [0, 0.1) is 11.8 Å². The molecule has 0 bridgehead atoms. The summed E-state index contributed by atoms with van der Waals surface area (Å²) >= 11 is 0. The van der Waals surface area contributed by atoms with E-state index in [4.69, 9.17) is 0 Å². The lowest BCUT2D eigenvalue weighted by Gasteiger charge is -2.36. The van der Waals surface area contributed by atoms with Crippen molar-refractivity contribution in [3.63, 3.8) is 0 Å². The Kier molecular flexibility index (Phi) is 7.66.